The number of carbonyl (C=O) groups excluding carboxylic acids is 1. The van der Waals surface area contributed by atoms with Crippen molar-refractivity contribution in [1.82, 2.24) is 4.98 Å². The number of hydrogen-bond acceptors (Lipinski definition) is 3. The molecular weight excluding hydrogens is 231 g/mol. The van der Waals surface area contributed by atoms with E-state index in [-0.39, 0.29) is 5.82 Å². The fourth-order valence-corrected chi connectivity index (χ4v) is 1.72. The smallest absolute Gasteiger partial charge is 0.151 e. The molecule has 0 amide bonds. The highest BCUT2D eigenvalue weighted by Gasteiger charge is 2.08. The molecule has 0 unspecified atom stereocenters. The van der Waals surface area contributed by atoms with Crippen molar-refractivity contribution >= 4 is 17.8 Å². The minimum atomic E-state index is -0.265. The Morgan fingerprint density at radius 1 is 1.22 bits per heavy atom. The van der Waals surface area contributed by atoms with E-state index in [0.717, 1.165) is 17.8 Å². The van der Waals surface area contributed by atoms with E-state index in [4.69, 9.17) is 0 Å². The molecule has 4 heteroatoms. The van der Waals surface area contributed by atoms with E-state index in [1.165, 1.54) is 18.3 Å². The molecule has 0 saturated carbocycles. The molecule has 0 N–H and O–H groups in total. The van der Waals surface area contributed by atoms with Crippen LogP contribution in [-0.2, 0) is 0 Å². The lowest BCUT2D eigenvalue weighted by Crippen LogP contribution is -2.17. The molecule has 0 aliphatic rings. The monoisotopic (exact) mass is 244 g/mol. The number of halogens is 1. The lowest BCUT2D eigenvalue weighted by atomic mass is 10.2. The molecule has 18 heavy (non-hydrogen) atoms. The number of rotatable bonds is 4. The van der Waals surface area contributed by atoms with Crippen LogP contribution in [0.15, 0.2) is 42.6 Å². The summed E-state index contributed by atoms with van der Waals surface area (Å²) < 4.78 is 12.9. The number of carbonyl (C=O) groups is 1. The van der Waals surface area contributed by atoms with Crippen LogP contribution < -0.4 is 4.90 Å². The van der Waals surface area contributed by atoms with Gasteiger partial charge in [-0.25, -0.2) is 9.37 Å². The zero-order chi connectivity index (χ0) is 13.0. The summed E-state index contributed by atoms with van der Waals surface area (Å²) in [7, 11) is 0. The molecule has 0 radical (unpaired) electrons. The van der Waals surface area contributed by atoms with Crippen LogP contribution >= 0.6 is 0 Å². The fraction of sp³-hybridized carbons (Fsp3) is 0.143. The highest BCUT2D eigenvalue weighted by Crippen LogP contribution is 2.23. The molecule has 3 nitrogen and oxygen atoms in total. The van der Waals surface area contributed by atoms with Gasteiger partial charge in [-0.15, -0.1) is 0 Å². The number of pyridine rings is 1. The average Bonchev–Trinajstić information content (AvgIpc) is 2.42. The molecule has 2 aromatic rings. The summed E-state index contributed by atoms with van der Waals surface area (Å²) in [6, 6.07) is 9.72. The number of benzene rings is 1. The van der Waals surface area contributed by atoms with E-state index in [2.05, 4.69) is 4.98 Å². The Kier molecular flexibility index (Phi) is 3.67. The fourth-order valence-electron chi connectivity index (χ4n) is 1.72. The van der Waals surface area contributed by atoms with Crippen molar-refractivity contribution in [2.45, 2.75) is 6.92 Å². The molecule has 1 aromatic heterocycles. The Hall–Kier alpha value is -2.23. The van der Waals surface area contributed by atoms with Gasteiger partial charge in [-0.2, -0.15) is 0 Å². The van der Waals surface area contributed by atoms with Crippen molar-refractivity contribution < 1.29 is 9.18 Å². The molecule has 0 aliphatic carbocycles. The van der Waals surface area contributed by atoms with E-state index in [9.17, 15) is 9.18 Å². The van der Waals surface area contributed by atoms with Crippen molar-refractivity contribution in [3.05, 3.63) is 54.0 Å². The number of nitrogens with zero attached hydrogens (tertiary/aromatic N) is 2. The normalized spacial score (nSPS) is 10.1. The summed E-state index contributed by atoms with van der Waals surface area (Å²) in [6.07, 6.45) is 2.28. The van der Waals surface area contributed by atoms with Crippen molar-refractivity contribution in [1.29, 1.82) is 0 Å². The number of aldehydes is 1. The Morgan fingerprint density at radius 3 is 2.44 bits per heavy atom. The standard InChI is InChI=1S/C14H13FN2O/c1-2-17(13-6-4-12(15)5-7-13)14-8-3-11(10-18)9-16-14/h3-10H,2H2,1H3. The molecule has 0 aliphatic heterocycles. The van der Waals surface area contributed by atoms with Gasteiger partial charge >= 0.3 is 0 Å². The summed E-state index contributed by atoms with van der Waals surface area (Å²) in [5, 5.41) is 0. The van der Waals surface area contributed by atoms with Crippen molar-refractivity contribution in [3.8, 4) is 0 Å². The number of anilines is 2. The van der Waals surface area contributed by atoms with E-state index >= 15 is 0 Å². The predicted octanol–water partition coefficient (Wildman–Crippen LogP) is 3.19. The van der Waals surface area contributed by atoms with Crippen LogP contribution in [0.3, 0.4) is 0 Å². The van der Waals surface area contributed by atoms with E-state index in [0.29, 0.717) is 12.1 Å². The largest absolute Gasteiger partial charge is 0.327 e. The Labute approximate surface area is 105 Å². The predicted molar refractivity (Wildman–Crippen MR) is 68.7 cm³/mol. The van der Waals surface area contributed by atoms with E-state index in [1.54, 1.807) is 24.3 Å². The van der Waals surface area contributed by atoms with Gasteiger partial charge in [0.1, 0.15) is 11.6 Å². The summed E-state index contributed by atoms with van der Waals surface area (Å²) in [5.74, 6) is 0.466. The lowest BCUT2D eigenvalue weighted by molar-refractivity contribution is 0.112. The van der Waals surface area contributed by atoms with Crippen LogP contribution in [0, 0.1) is 5.82 Å². The van der Waals surface area contributed by atoms with Gasteiger partial charge < -0.3 is 4.90 Å². The van der Waals surface area contributed by atoms with Gasteiger partial charge in [0, 0.05) is 24.0 Å². The first kappa shape index (κ1) is 12.2. The van der Waals surface area contributed by atoms with Crippen LogP contribution in [0.5, 0.6) is 0 Å². The van der Waals surface area contributed by atoms with Gasteiger partial charge in [-0.05, 0) is 43.3 Å². The minimum absolute atomic E-state index is 0.265. The summed E-state index contributed by atoms with van der Waals surface area (Å²) >= 11 is 0. The molecule has 0 spiro atoms. The third-order valence-electron chi connectivity index (χ3n) is 2.64. The van der Waals surface area contributed by atoms with Gasteiger partial charge in [0.15, 0.2) is 6.29 Å². The first-order valence-electron chi connectivity index (χ1n) is 5.69. The molecule has 92 valence electrons. The first-order chi connectivity index (χ1) is 8.74. The second kappa shape index (κ2) is 5.40. The molecule has 0 bridgehead atoms. The van der Waals surface area contributed by atoms with Crippen molar-refractivity contribution in [2.75, 3.05) is 11.4 Å². The van der Waals surface area contributed by atoms with Gasteiger partial charge in [0.05, 0.1) is 0 Å². The van der Waals surface area contributed by atoms with Crippen LogP contribution in [0.25, 0.3) is 0 Å². The van der Waals surface area contributed by atoms with Crippen LogP contribution in [0.4, 0.5) is 15.9 Å². The van der Waals surface area contributed by atoms with Gasteiger partial charge in [-0.3, -0.25) is 4.79 Å². The maximum absolute atomic E-state index is 12.9. The minimum Gasteiger partial charge on any atom is -0.327 e. The second-order valence-corrected chi connectivity index (χ2v) is 3.79. The Balaban J connectivity index is 2.32. The van der Waals surface area contributed by atoms with Gasteiger partial charge in [0.2, 0.25) is 0 Å². The molecule has 1 aromatic carbocycles. The SMILES string of the molecule is CCN(c1ccc(F)cc1)c1ccc(C=O)cn1. The van der Waals surface area contributed by atoms with Gasteiger partial charge in [-0.1, -0.05) is 0 Å². The van der Waals surface area contributed by atoms with Gasteiger partial charge in [0.25, 0.3) is 0 Å². The van der Waals surface area contributed by atoms with Crippen LogP contribution in [-0.4, -0.2) is 17.8 Å². The third-order valence-corrected chi connectivity index (χ3v) is 2.64. The Morgan fingerprint density at radius 2 is 1.94 bits per heavy atom. The quantitative estimate of drug-likeness (QED) is 0.774. The first-order valence-corrected chi connectivity index (χ1v) is 5.69. The molecule has 1 heterocycles. The van der Waals surface area contributed by atoms with Crippen LogP contribution in [0.1, 0.15) is 17.3 Å². The average molecular weight is 244 g/mol. The highest BCUT2D eigenvalue weighted by molar-refractivity contribution is 5.75. The molecule has 2 rings (SSSR count). The second-order valence-electron chi connectivity index (χ2n) is 3.79. The van der Waals surface area contributed by atoms with Crippen molar-refractivity contribution in [3.63, 3.8) is 0 Å². The molecular formula is C14H13FN2O. The number of aromatic nitrogens is 1. The maximum atomic E-state index is 12.9. The molecule has 0 atom stereocenters. The maximum Gasteiger partial charge on any atom is 0.151 e. The summed E-state index contributed by atoms with van der Waals surface area (Å²) in [4.78, 5) is 16.7. The zero-order valence-electron chi connectivity index (χ0n) is 10.0. The lowest BCUT2D eigenvalue weighted by Gasteiger charge is -2.22. The third kappa shape index (κ3) is 2.53. The molecule has 0 fully saturated rings. The molecule has 0 saturated heterocycles. The Bertz CT molecular complexity index is 522. The zero-order valence-corrected chi connectivity index (χ0v) is 10.0. The van der Waals surface area contributed by atoms with E-state index < -0.39 is 0 Å². The topological polar surface area (TPSA) is 33.2 Å². The van der Waals surface area contributed by atoms with Crippen LogP contribution in [0.2, 0.25) is 0 Å². The summed E-state index contributed by atoms with van der Waals surface area (Å²) in [6.45, 7) is 2.69. The summed E-state index contributed by atoms with van der Waals surface area (Å²) in [5.41, 5.74) is 1.40. The van der Waals surface area contributed by atoms with E-state index in [1.807, 2.05) is 11.8 Å². The van der Waals surface area contributed by atoms with Crippen molar-refractivity contribution in [2.24, 2.45) is 0 Å². The number of hydrogen-bond donors (Lipinski definition) is 0. The highest BCUT2D eigenvalue weighted by atomic mass is 19.1.